The average molecular weight is 568 g/mol. The zero-order valence-electron chi connectivity index (χ0n) is 24.1. The van der Waals surface area contributed by atoms with Crippen molar-refractivity contribution in [1.29, 1.82) is 0 Å². The Morgan fingerprint density at radius 2 is 1.64 bits per heavy atom. The number of benzene rings is 3. The Kier molecular flexibility index (Phi) is 5.89. The minimum Gasteiger partial charge on any atom is -0.493 e. The summed E-state index contributed by atoms with van der Waals surface area (Å²) in [6, 6.07) is 16.3. The SMILES string of the molecule is CCc1cccc2c1NC(=O)[C@]21N2CCC[C@@H]2[C@@H](C(=O)c2cc(OC)c(OC)c(OC)c2)[C@@]12C(=O)Nc1ccccc12. The number of methoxy groups -OCH3 is 3. The van der Waals surface area contributed by atoms with Gasteiger partial charge in [-0.05, 0) is 55.1 Å². The van der Waals surface area contributed by atoms with Gasteiger partial charge in [0, 0.05) is 28.5 Å². The third-order valence-electron chi connectivity index (χ3n) is 9.83. The molecule has 0 saturated carbocycles. The molecule has 2 amide bonds. The van der Waals surface area contributed by atoms with Crippen LogP contribution in [0.3, 0.4) is 0 Å². The standard InChI is InChI=1S/C33H33N3O6/c1-5-18-10-8-12-21-27(18)35-31(39)33(21)32(20-11-6-7-13-22(20)34-30(32)38)26(23-14-9-15-36(23)33)28(37)19-16-24(40-2)29(42-4)25(17-19)41-3/h6-8,10-13,16-17,23,26H,5,9,14-15H2,1-4H3,(H,34,38)(H,35,39)/t23-,26+,32+,33-/m1/s1. The van der Waals surface area contributed by atoms with Crippen LogP contribution >= 0.6 is 0 Å². The second-order valence-corrected chi connectivity index (χ2v) is 11.3. The lowest BCUT2D eigenvalue weighted by Crippen LogP contribution is -2.62. The molecule has 4 heterocycles. The summed E-state index contributed by atoms with van der Waals surface area (Å²) in [4.78, 5) is 46.6. The lowest BCUT2D eigenvalue weighted by Gasteiger charge is -2.43. The number of nitrogens with zero attached hydrogens (tertiary/aromatic N) is 1. The number of para-hydroxylation sites is 2. The number of nitrogens with one attached hydrogen (secondary N) is 2. The highest BCUT2D eigenvalue weighted by Crippen LogP contribution is 2.68. The Morgan fingerprint density at radius 3 is 2.33 bits per heavy atom. The molecule has 0 aromatic heterocycles. The highest BCUT2D eigenvalue weighted by atomic mass is 16.5. The van der Waals surface area contributed by atoms with Crippen molar-refractivity contribution in [3.8, 4) is 17.2 Å². The summed E-state index contributed by atoms with van der Waals surface area (Å²) >= 11 is 0. The minimum absolute atomic E-state index is 0.247. The molecule has 4 atom stereocenters. The predicted molar refractivity (Wildman–Crippen MR) is 157 cm³/mol. The molecule has 4 aliphatic rings. The van der Waals surface area contributed by atoms with Crippen LogP contribution < -0.4 is 24.8 Å². The van der Waals surface area contributed by atoms with Crippen LogP contribution in [0.5, 0.6) is 17.2 Å². The van der Waals surface area contributed by atoms with Crippen LogP contribution in [0.25, 0.3) is 0 Å². The van der Waals surface area contributed by atoms with Crippen LogP contribution in [0.4, 0.5) is 11.4 Å². The molecule has 4 aliphatic heterocycles. The Morgan fingerprint density at radius 1 is 0.929 bits per heavy atom. The molecule has 2 fully saturated rings. The van der Waals surface area contributed by atoms with Crippen molar-refractivity contribution >= 4 is 29.0 Å². The number of anilines is 2. The van der Waals surface area contributed by atoms with Gasteiger partial charge in [0.2, 0.25) is 11.7 Å². The summed E-state index contributed by atoms with van der Waals surface area (Å²) < 4.78 is 16.7. The van der Waals surface area contributed by atoms with E-state index < -0.39 is 16.9 Å². The maximum atomic E-state index is 15.0. The van der Waals surface area contributed by atoms with Crippen molar-refractivity contribution < 1.29 is 28.6 Å². The number of carbonyl (C=O) groups excluding carboxylic acids is 3. The average Bonchev–Trinajstić information content (AvgIpc) is 3.74. The number of carbonyl (C=O) groups is 3. The molecule has 3 aromatic rings. The maximum Gasteiger partial charge on any atom is 0.251 e. The molecule has 2 N–H and O–H groups in total. The smallest absolute Gasteiger partial charge is 0.251 e. The van der Waals surface area contributed by atoms with E-state index in [0.717, 1.165) is 23.2 Å². The summed E-state index contributed by atoms with van der Waals surface area (Å²) in [6.07, 6.45) is 2.20. The molecule has 2 saturated heterocycles. The van der Waals surface area contributed by atoms with E-state index in [9.17, 15) is 9.59 Å². The van der Waals surface area contributed by atoms with Gasteiger partial charge in [0.1, 0.15) is 11.0 Å². The second-order valence-electron chi connectivity index (χ2n) is 11.3. The molecule has 0 aliphatic carbocycles. The number of ether oxygens (including phenoxy) is 3. The molecule has 0 unspecified atom stereocenters. The number of amides is 2. The number of hydrogen-bond donors (Lipinski definition) is 2. The first-order chi connectivity index (χ1) is 20.4. The molecule has 9 nitrogen and oxygen atoms in total. The van der Waals surface area contributed by atoms with Crippen LogP contribution in [0.2, 0.25) is 0 Å². The quantitative estimate of drug-likeness (QED) is 0.428. The van der Waals surface area contributed by atoms with Gasteiger partial charge in [-0.3, -0.25) is 19.3 Å². The minimum atomic E-state index is -1.52. The Bertz CT molecular complexity index is 1640. The third-order valence-corrected chi connectivity index (χ3v) is 9.83. The van der Waals surface area contributed by atoms with Gasteiger partial charge in [0.15, 0.2) is 17.3 Å². The van der Waals surface area contributed by atoms with Gasteiger partial charge in [-0.25, -0.2) is 0 Å². The number of ketones is 1. The highest BCUT2D eigenvalue weighted by molar-refractivity contribution is 6.21. The van der Waals surface area contributed by atoms with E-state index in [2.05, 4.69) is 15.5 Å². The zero-order valence-corrected chi connectivity index (χ0v) is 24.1. The van der Waals surface area contributed by atoms with E-state index in [1.165, 1.54) is 21.3 Å². The molecule has 9 heteroatoms. The molecular formula is C33H33N3O6. The van der Waals surface area contributed by atoms with E-state index in [1.54, 1.807) is 12.1 Å². The number of hydrogen-bond acceptors (Lipinski definition) is 7. The Balaban J connectivity index is 1.55. The summed E-state index contributed by atoms with van der Waals surface area (Å²) in [6.45, 7) is 2.63. The van der Waals surface area contributed by atoms with Gasteiger partial charge in [0.05, 0.1) is 27.2 Å². The Labute approximate surface area is 244 Å². The second kappa shape index (κ2) is 9.32. The number of aryl methyl sites for hydroxylation is 1. The summed E-state index contributed by atoms with van der Waals surface area (Å²) in [7, 11) is 4.51. The molecule has 216 valence electrons. The number of rotatable bonds is 6. The van der Waals surface area contributed by atoms with Crippen molar-refractivity contribution in [2.24, 2.45) is 5.92 Å². The van der Waals surface area contributed by atoms with Gasteiger partial charge in [0.25, 0.3) is 5.91 Å². The first kappa shape index (κ1) is 26.5. The molecule has 0 bridgehead atoms. The fraction of sp³-hybridized carbons (Fsp3) is 0.364. The van der Waals surface area contributed by atoms with E-state index in [4.69, 9.17) is 14.2 Å². The molecule has 0 radical (unpaired) electrons. The van der Waals surface area contributed by atoms with E-state index in [-0.39, 0.29) is 23.6 Å². The molecule has 7 rings (SSSR count). The first-order valence-electron chi connectivity index (χ1n) is 14.4. The van der Waals surface area contributed by atoms with Crippen molar-refractivity contribution in [3.63, 3.8) is 0 Å². The van der Waals surface area contributed by atoms with Crippen LogP contribution in [0, 0.1) is 5.92 Å². The third kappa shape index (κ3) is 2.99. The molecule has 42 heavy (non-hydrogen) atoms. The van der Waals surface area contributed by atoms with Crippen LogP contribution in [0.1, 0.15) is 46.8 Å². The molecular weight excluding hydrogens is 534 g/mol. The van der Waals surface area contributed by atoms with Crippen molar-refractivity contribution in [3.05, 3.63) is 76.9 Å². The van der Waals surface area contributed by atoms with Crippen molar-refractivity contribution in [2.45, 2.75) is 43.2 Å². The van der Waals surface area contributed by atoms with E-state index in [1.807, 2.05) is 49.4 Å². The van der Waals surface area contributed by atoms with E-state index in [0.29, 0.717) is 53.4 Å². The largest absolute Gasteiger partial charge is 0.493 e. The van der Waals surface area contributed by atoms with Gasteiger partial charge in [-0.2, -0.15) is 0 Å². The fourth-order valence-corrected chi connectivity index (χ4v) is 8.36. The summed E-state index contributed by atoms with van der Waals surface area (Å²) in [5.41, 5.74) is 1.18. The van der Waals surface area contributed by atoms with Crippen LogP contribution in [-0.4, -0.2) is 56.4 Å². The number of Topliss-reactive ketones (excluding diaryl/α,β-unsaturated/α-hetero) is 1. The van der Waals surface area contributed by atoms with Gasteiger partial charge < -0.3 is 24.8 Å². The van der Waals surface area contributed by atoms with Crippen molar-refractivity contribution in [1.82, 2.24) is 4.90 Å². The zero-order chi connectivity index (χ0) is 29.4. The molecule has 3 aromatic carbocycles. The van der Waals surface area contributed by atoms with Crippen LogP contribution in [0.15, 0.2) is 54.6 Å². The lowest BCUT2D eigenvalue weighted by atomic mass is 9.57. The fourth-order valence-electron chi connectivity index (χ4n) is 8.36. The maximum absolute atomic E-state index is 15.0. The van der Waals surface area contributed by atoms with Crippen molar-refractivity contribution in [2.75, 3.05) is 38.5 Å². The van der Waals surface area contributed by atoms with Gasteiger partial charge in [-0.15, -0.1) is 0 Å². The normalized spacial score (nSPS) is 27.0. The predicted octanol–water partition coefficient (Wildman–Crippen LogP) is 4.29. The van der Waals surface area contributed by atoms with Gasteiger partial charge >= 0.3 is 0 Å². The summed E-state index contributed by atoms with van der Waals surface area (Å²) in [5, 5.41) is 6.27. The highest BCUT2D eigenvalue weighted by Gasteiger charge is 2.81. The lowest BCUT2D eigenvalue weighted by molar-refractivity contribution is -0.137. The number of fused-ring (bicyclic) bond motifs is 7. The Hall–Kier alpha value is -4.37. The first-order valence-corrected chi connectivity index (χ1v) is 14.4. The molecule has 2 spiro atoms. The monoisotopic (exact) mass is 567 g/mol. The van der Waals surface area contributed by atoms with Gasteiger partial charge in [-0.1, -0.05) is 43.3 Å². The topological polar surface area (TPSA) is 106 Å². The van der Waals surface area contributed by atoms with E-state index >= 15 is 4.79 Å². The van der Waals surface area contributed by atoms with Crippen LogP contribution in [-0.2, 0) is 27.0 Å². The summed E-state index contributed by atoms with van der Waals surface area (Å²) in [5.74, 6) is -0.657.